The number of aryl methyl sites for hydroxylation is 2. The molecule has 32 heavy (non-hydrogen) atoms. The van der Waals surface area contributed by atoms with Crippen molar-refractivity contribution in [2.45, 2.75) is 71.0 Å². The number of benzene rings is 1. The van der Waals surface area contributed by atoms with Crippen molar-refractivity contribution in [2.24, 2.45) is 13.0 Å². The fourth-order valence-corrected chi connectivity index (χ4v) is 5.22. The van der Waals surface area contributed by atoms with Crippen LogP contribution < -0.4 is 5.32 Å². The van der Waals surface area contributed by atoms with Gasteiger partial charge in [0.2, 0.25) is 5.91 Å². The topological polar surface area (TPSA) is 53.4 Å². The number of carbonyl (C=O) groups is 1. The van der Waals surface area contributed by atoms with Crippen LogP contribution in [0.2, 0.25) is 0 Å². The Balaban J connectivity index is 1.53. The average Bonchev–Trinajstić information content (AvgIpc) is 3.35. The smallest absolute Gasteiger partial charge is 0.223 e. The van der Waals surface area contributed by atoms with Crippen LogP contribution in [0.1, 0.15) is 57.1 Å². The van der Waals surface area contributed by atoms with E-state index in [1.165, 1.54) is 30.5 Å². The summed E-state index contributed by atoms with van der Waals surface area (Å²) in [6, 6.07) is 9.56. The van der Waals surface area contributed by atoms with Gasteiger partial charge in [-0.1, -0.05) is 32.0 Å². The summed E-state index contributed by atoms with van der Waals surface area (Å²) in [4.78, 5) is 18.3. The predicted octanol–water partition coefficient (Wildman–Crippen LogP) is 4.08. The van der Waals surface area contributed by atoms with Gasteiger partial charge in [0.1, 0.15) is 0 Å². The summed E-state index contributed by atoms with van der Waals surface area (Å²) in [5.41, 5.74) is 3.51. The lowest BCUT2D eigenvalue weighted by Gasteiger charge is -2.34. The molecule has 6 heteroatoms. The van der Waals surface area contributed by atoms with Gasteiger partial charge < -0.3 is 10.2 Å². The van der Waals surface area contributed by atoms with E-state index in [0.717, 1.165) is 38.0 Å². The van der Waals surface area contributed by atoms with Crippen LogP contribution in [0.25, 0.3) is 0 Å². The molecule has 0 unspecified atom stereocenters. The number of hydrogen-bond donors (Lipinski definition) is 1. The molecule has 2 aliphatic heterocycles. The van der Waals surface area contributed by atoms with Gasteiger partial charge in [0.25, 0.3) is 0 Å². The molecule has 0 radical (unpaired) electrons. The van der Waals surface area contributed by atoms with Crippen LogP contribution in [0.3, 0.4) is 0 Å². The predicted molar refractivity (Wildman–Crippen MR) is 129 cm³/mol. The molecule has 2 aliphatic rings. The zero-order valence-electron chi connectivity index (χ0n) is 20.0. The number of para-hydroxylation sites is 1. The minimum atomic E-state index is 0.246. The molecule has 0 aliphatic carbocycles. The van der Waals surface area contributed by atoms with Gasteiger partial charge in [-0.25, -0.2) is 0 Å². The van der Waals surface area contributed by atoms with Crippen molar-refractivity contribution in [1.29, 1.82) is 0 Å². The number of rotatable bonds is 6. The standard InChI is InChI=1S/C26H39N5O/c1-20(2)13-15-31-23-9-10-24(31)19-30(26(32)11-8-21-16-28-29(3)17-21)18-22-6-4-5-7-25(22)27-14-12-23/h4-7,16-17,20,23-24,27H,8-15,18-19H2,1-3H3/t23-,24+/m1/s1. The van der Waals surface area contributed by atoms with Gasteiger partial charge >= 0.3 is 0 Å². The maximum absolute atomic E-state index is 13.4. The van der Waals surface area contributed by atoms with Crippen molar-refractivity contribution < 1.29 is 4.79 Å². The minimum absolute atomic E-state index is 0.246. The highest BCUT2D eigenvalue weighted by Crippen LogP contribution is 2.30. The lowest BCUT2D eigenvalue weighted by atomic mass is 10.1. The van der Waals surface area contributed by atoms with Crippen LogP contribution in [0.5, 0.6) is 0 Å². The second-order valence-corrected chi connectivity index (χ2v) is 9.97. The second-order valence-electron chi connectivity index (χ2n) is 9.97. The molecular formula is C26H39N5O. The van der Waals surface area contributed by atoms with E-state index in [-0.39, 0.29) is 5.91 Å². The highest BCUT2D eigenvalue weighted by Gasteiger charge is 2.35. The van der Waals surface area contributed by atoms with Crippen molar-refractivity contribution in [2.75, 3.05) is 25.0 Å². The van der Waals surface area contributed by atoms with Gasteiger partial charge in [-0.3, -0.25) is 14.4 Å². The van der Waals surface area contributed by atoms with E-state index in [2.05, 4.69) is 58.3 Å². The molecule has 1 saturated heterocycles. The molecule has 1 amide bonds. The molecule has 2 bridgehead atoms. The molecule has 2 atom stereocenters. The Morgan fingerprint density at radius 3 is 2.78 bits per heavy atom. The number of aromatic nitrogens is 2. The largest absolute Gasteiger partial charge is 0.385 e. The summed E-state index contributed by atoms with van der Waals surface area (Å²) in [5.74, 6) is 0.947. The van der Waals surface area contributed by atoms with Crippen LogP contribution in [0, 0.1) is 5.92 Å². The lowest BCUT2D eigenvalue weighted by Crippen LogP contribution is -2.45. The Morgan fingerprint density at radius 2 is 2.00 bits per heavy atom. The average molecular weight is 438 g/mol. The zero-order valence-corrected chi connectivity index (χ0v) is 20.0. The van der Waals surface area contributed by atoms with E-state index in [9.17, 15) is 4.79 Å². The van der Waals surface area contributed by atoms with Gasteiger partial charge in [-0.05, 0) is 61.8 Å². The van der Waals surface area contributed by atoms with Gasteiger partial charge in [-0.2, -0.15) is 5.10 Å². The Kier molecular flexibility index (Phi) is 7.51. The van der Waals surface area contributed by atoms with Crippen LogP contribution in [0.4, 0.5) is 5.69 Å². The van der Waals surface area contributed by atoms with Crippen molar-refractivity contribution in [3.05, 3.63) is 47.8 Å². The summed E-state index contributed by atoms with van der Waals surface area (Å²) in [6.45, 7) is 8.24. The van der Waals surface area contributed by atoms with Gasteiger partial charge in [0.15, 0.2) is 0 Å². The number of nitrogens with zero attached hydrogens (tertiary/aromatic N) is 4. The molecule has 0 spiro atoms. The van der Waals surface area contributed by atoms with E-state index in [1.54, 1.807) is 4.68 Å². The van der Waals surface area contributed by atoms with E-state index < -0.39 is 0 Å². The Morgan fingerprint density at radius 1 is 1.19 bits per heavy atom. The van der Waals surface area contributed by atoms with E-state index in [0.29, 0.717) is 31.0 Å². The number of nitrogens with one attached hydrogen (secondary N) is 1. The molecule has 0 saturated carbocycles. The van der Waals surface area contributed by atoms with Gasteiger partial charge in [0.05, 0.1) is 6.20 Å². The third kappa shape index (κ3) is 5.71. The maximum atomic E-state index is 13.4. The van der Waals surface area contributed by atoms with Crippen molar-refractivity contribution in [3.63, 3.8) is 0 Å². The number of anilines is 1. The monoisotopic (exact) mass is 437 g/mol. The molecule has 1 aromatic heterocycles. The lowest BCUT2D eigenvalue weighted by molar-refractivity contribution is -0.132. The summed E-state index contributed by atoms with van der Waals surface area (Å²) >= 11 is 0. The SMILES string of the molecule is CC(C)CCN1[C@H]2CCNc3ccccc3CN(C(=O)CCc3cnn(C)c3)C[C@@H]1CC2. The van der Waals surface area contributed by atoms with Crippen LogP contribution in [0.15, 0.2) is 36.7 Å². The van der Waals surface area contributed by atoms with Crippen molar-refractivity contribution in [3.8, 4) is 0 Å². The molecular weight excluding hydrogens is 398 g/mol. The highest BCUT2D eigenvalue weighted by molar-refractivity contribution is 5.76. The first-order chi connectivity index (χ1) is 15.5. The quantitative estimate of drug-likeness (QED) is 0.740. The van der Waals surface area contributed by atoms with E-state index in [1.807, 2.05) is 19.4 Å². The summed E-state index contributed by atoms with van der Waals surface area (Å²) in [6.07, 6.45) is 9.97. The Hall–Kier alpha value is -2.34. The third-order valence-corrected chi connectivity index (χ3v) is 7.08. The number of hydrogen-bond acceptors (Lipinski definition) is 4. The number of fused-ring (bicyclic) bond motifs is 3. The van der Waals surface area contributed by atoms with Crippen LogP contribution in [-0.2, 0) is 24.8 Å². The Labute approximate surface area is 193 Å². The number of amides is 1. The molecule has 3 heterocycles. The van der Waals surface area contributed by atoms with Gasteiger partial charge in [0, 0.05) is 57.1 Å². The molecule has 1 N–H and O–H groups in total. The van der Waals surface area contributed by atoms with Crippen molar-refractivity contribution in [1.82, 2.24) is 19.6 Å². The first kappa shape index (κ1) is 22.8. The first-order valence-electron chi connectivity index (χ1n) is 12.3. The Bertz CT molecular complexity index is 892. The van der Waals surface area contributed by atoms with Crippen LogP contribution >= 0.6 is 0 Å². The molecule has 174 valence electrons. The fraction of sp³-hybridized carbons (Fsp3) is 0.615. The molecule has 1 fully saturated rings. The maximum Gasteiger partial charge on any atom is 0.223 e. The highest BCUT2D eigenvalue weighted by atomic mass is 16.2. The summed E-state index contributed by atoms with van der Waals surface area (Å²) < 4.78 is 1.81. The van der Waals surface area contributed by atoms with E-state index >= 15 is 0 Å². The number of carbonyl (C=O) groups excluding carboxylic acids is 1. The first-order valence-corrected chi connectivity index (χ1v) is 12.3. The minimum Gasteiger partial charge on any atom is -0.385 e. The van der Waals surface area contributed by atoms with Crippen LogP contribution in [-0.4, -0.2) is 57.2 Å². The normalized spacial score (nSPS) is 21.8. The third-order valence-electron chi connectivity index (χ3n) is 7.08. The summed E-state index contributed by atoms with van der Waals surface area (Å²) in [5, 5.41) is 7.92. The second kappa shape index (κ2) is 10.5. The van der Waals surface area contributed by atoms with E-state index in [4.69, 9.17) is 0 Å². The molecule has 1 aromatic carbocycles. The molecule has 6 nitrogen and oxygen atoms in total. The molecule has 4 rings (SSSR count). The molecule has 2 aromatic rings. The zero-order chi connectivity index (χ0) is 22.5. The van der Waals surface area contributed by atoms with Gasteiger partial charge in [-0.15, -0.1) is 0 Å². The fourth-order valence-electron chi connectivity index (χ4n) is 5.22. The van der Waals surface area contributed by atoms with Crippen molar-refractivity contribution >= 4 is 11.6 Å². The summed E-state index contributed by atoms with van der Waals surface area (Å²) in [7, 11) is 1.92.